The maximum absolute atomic E-state index is 4.78. The summed E-state index contributed by atoms with van der Waals surface area (Å²) < 4.78 is 1.91. The van der Waals surface area contributed by atoms with Crippen LogP contribution in [-0.4, -0.2) is 50.1 Å². The molecular formula is C17H26N8. The van der Waals surface area contributed by atoms with Crippen LogP contribution in [-0.2, 0) is 13.5 Å². The van der Waals surface area contributed by atoms with Crippen molar-refractivity contribution in [3.05, 3.63) is 17.7 Å². The molecule has 2 unspecified atom stereocenters. The number of rotatable bonds is 4. The fraction of sp³-hybridized carbons (Fsp3) is 0.647. The van der Waals surface area contributed by atoms with E-state index in [0.717, 1.165) is 48.4 Å². The van der Waals surface area contributed by atoms with E-state index < -0.39 is 0 Å². The van der Waals surface area contributed by atoms with Gasteiger partial charge in [-0.1, -0.05) is 0 Å². The molecule has 3 aliphatic rings. The summed E-state index contributed by atoms with van der Waals surface area (Å²) in [6, 6.07) is 0.533. The smallest absolute Gasteiger partial charge is 0.245 e. The summed E-state index contributed by atoms with van der Waals surface area (Å²) in [5, 5.41) is 6.65. The molecule has 1 aromatic heterocycles. The minimum absolute atomic E-state index is 0.0486. The first kappa shape index (κ1) is 16.3. The Labute approximate surface area is 148 Å². The summed E-state index contributed by atoms with van der Waals surface area (Å²) in [4.78, 5) is 16.2. The van der Waals surface area contributed by atoms with Crippen molar-refractivity contribution in [2.75, 3.05) is 11.4 Å². The van der Waals surface area contributed by atoms with E-state index in [9.17, 15) is 0 Å². The largest absolute Gasteiger partial charge is 0.337 e. The zero-order valence-corrected chi connectivity index (χ0v) is 15.4. The van der Waals surface area contributed by atoms with Gasteiger partial charge in [0, 0.05) is 32.3 Å². The quantitative estimate of drug-likeness (QED) is 0.900. The summed E-state index contributed by atoms with van der Waals surface area (Å²) in [5.41, 5.74) is 5.46. The fourth-order valence-corrected chi connectivity index (χ4v) is 3.64. The maximum atomic E-state index is 4.78. The van der Waals surface area contributed by atoms with Crippen molar-refractivity contribution >= 4 is 17.5 Å². The highest BCUT2D eigenvalue weighted by atomic mass is 15.6. The van der Waals surface area contributed by atoms with Crippen molar-refractivity contribution in [2.45, 2.75) is 58.7 Å². The highest BCUT2D eigenvalue weighted by Gasteiger charge is 2.30. The predicted molar refractivity (Wildman–Crippen MR) is 98.4 cm³/mol. The Balaban J connectivity index is 1.42. The van der Waals surface area contributed by atoms with Crippen LogP contribution in [0.15, 0.2) is 21.9 Å². The third kappa shape index (κ3) is 2.95. The standard InChI is InChI=1S/C17H26N8/c1-11-6-5-9-24(11)17-20-15(23(4)22-17)8-7-14-19-16-13(3)18-10-12(2)25(16)21-14/h10-11,14,21H,5-9H2,1-4H3. The van der Waals surface area contributed by atoms with Gasteiger partial charge in [0.05, 0.1) is 11.4 Å². The summed E-state index contributed by atoms with van der Waals surface area (Å²) in [7, 11) is 1.98. The molecule has 1 fully saturated rings. The zero-order chi connectivity index (χ0) is 17.6. The van der Waals surface area contributed by atoms with Crippen molar-refractivity contribution in [2.24, 2.45) is 17.0 Å². The Morgan fingerprint density at radius 1 is 1.32 bits per heavy atom. The van der Waals surface area contributed by atoms with Crippen LogP contribution in [0, 0.1) is 0 Å². The number of aromatic nitrogens is 3. The molecule has 0 bridgehead atoms. The zero-order valence-electron chi connectivity index (χ0n) is 15.4. The average molecular weight is 342 g/mol. The lowest BCUT2D eigenvalue weighted by Gasteiger charge is -2.24. The first-order chi connectivity index (χ1) is 12.0. The van der Waals surface area contributed by atoms with E-state index in [2.05, 4.69) is 27.3 Å². The Kier molecular flexibility index (Phi) is 4.07. The molecule has 25 heavy (non-hydrogen) atoms. The fourth-order valence-electron chi connectivity index (χ4n) is 3.64. The number of fused-ring (bicyclic) bond motifs is 1. The second kappa shape index (κ2) is 6.25. The molecule has 1 aromatic rings. The molecule has 8 heteroatoms. The average Bonchev–Trinajstić information content (AvgIpc) is 3.28. The normalized spacial score (nSPS) is 25.8. The van der Waals surface area contributed by atoms with E-state index in [1.165, 1.54) is 12.8 Å². The van der Waals surface area contributed by atoms with Crippen molar-refractivity contribution in [3.8, 4) is 0 Å². The summed E-state index contributed by atoms with van der Waals surface area (Å²) in [5.74, 6) is 2.81. The molecule has 8 nitrogen and oxygen atoms in total. The van der Waals surface area contributed by atoms with Gasteiger partial charge in [0.2, 0.25) is 5.95 Å². The molecular weight excluding hydrogens is 316 g/mol. The highest BCUT2D eigenvalue weighted by Crippen LogP contribution is 2.23. The number of hydrazine groups is 1. The Hall–Kier alpha value is -2.22. The van der Waals surface area contributed by atoms with Crippen LogP contribution >= 0.6 is 0 Å². The molecule has 0 spiro atoms. The van der Waals surface area contributed by atoms with Gasteiger partial charge in [0.25, 0.3) is 0 Å². The Morgan fingerprint density at radius 2 is 2.16 bits per heavy atom. The van der Waals surface area contributed by atoms with Crippen LogP contribution in [0.4, 0.5) is 5.95 Å². The van der Waals surface area contributed by atoms with Crippen LogP contribution in [0.1, 0.15) is 45.9 Å². The minimum Gasteiger partial charge on any atom is -0.337 e. The van der Waals surface area contributed by atoms with Gasteiger partial charge < -0.3 is 4.90 Å². The molecule has 0 radical (unpaired) electrons. The number of aryl methyl sites for hydroxylation is 2. The molecule has 134 valence electrons. The first-order valence-corrected chi connectivity index (χ1v) is 9.05. The lowest BCUT2D eigenvalue weighted by Crippen LogP contribution is -2.42. The van der Waals surface area contributed by atoms with Gasteiger partial charge in [-0.3, -0.25) is 14.7 Å². The second-order valence-electron chi connectivity index (χ2n) is 7.09. The Bertz CT molecular complexity index is 759. The van der Waals surface area contributed by atoms with E-state index in [4.69, 9.17) is 9.98 Å². The van der Waals surface area contributed by atoms with Gasteiger partial charge in [0.15, 0.2) is 5.84 Å². The number of amidine groups is 1. The van der Waals surface area contributed by atoms with Crippen molar-refractivity contribution < 1.29 is 0 Å². The van der Waals surface area contributed by atoms with Gasteiger partial charge in [-0.05, 0) is 40.0 Å². The summed E-state index contributed by atoms with van der Waals surface area (Å²) >= 11 is 0. The second-order valence-corrected chi connectivity index (χ2v) is 7.09. The Morgan fingerprint density at radius 3 is 2.88 bits per heavy atom. The summed E-state index contributed by atoms with van der Waals surface area (Å²) in [6.07, 6.45) is 6.08. The van der Waals surface area contributed by atoms with Gasteiger partial charge in [-0.15, -0.1) is 5.10 Å². The number of hydrogen-bond acceptors (Lipinski definition) is 7. The molecule has 1 saturated heterocycles. The molecule has 0 aliphatic carbocycles. The van der Waals surface area contributed by atoms with Crippen molar-refractivity contribution in [1.29, 1.82) is 0 Å². The molecule has 4 rings (SSSR count). The first-order valence-electron chi connectivity index (χ1n) is 9.05. The van der Waals surface area contributed by atoms with E-state index in [1.807, 2.05) is 36.8 Å². The van der Waals surface area contributed by atoms with E-state index >= 15 is 0 Å². The van der Waals surface area contributed by atoms with Gasteiger partial charge in [0.1, 0.15) is 12.0 Å². The van der Waals surface area contributed by atoms with E-state index in [-0.39, 0.29) is 6.17 Å². The number of hydrogen-bond donors (Lipinski definition) is 1. The maximum Gasteiger partial charge on any atom is 0.245 e. The van der Waals surface area contributed by atoms with Crippen LogP contribution in [0.25, 0.3) is 0 Å². The third-order valence-corrected chi connectivity index (χ3v) is 5.18. The summed E-state index contributed by atoms with van der Waals surface area (Å²) in [6.45, 7) is 7.33. The molecule has 4 heterocycles. The van der Waals surface area contributed by atoms with Gasteiger partial charge in [-0.2, -0.15) is 4.98 Å². The van der Waals surface area contributed by atoms with Gasteiger partial charge in [-0.25, -0.2) is 10.4 Å². The minimum atomic E-state index is 0.0486. The van der Waals surface area contributed by atoms with Crippen LogP contribution in [0.2, 0.25) is 0 Å². The van der Waals surface area contributed by atoms with E-state index in [1.54, 1.807) is 0 Å². The number of anilines is 1. The van der Waals surface area contributed by atoms with Crippen LogP contribution in [0.5, 0.6) is 0 Å². The lowest BCUT2D eigenvalue weighted by atomic mass is 10.2. The topological polar surface area (TPSA) is 73.9 Å². The number of nitrogens with one attached hydrogen (secondary N) is 1. The highest BCUT2D eigenvalue weighted by molar-refractivity contribution is 6.41. The monoisotopic (exact) mass is 342 g/mol. The van der Waals surface area contributed by atoms with Crippen LogP contribution < -0.4 is 10.3 Å². The number of aliphatic imine (C=N–C) groups is 2. The van der Waals surface area contributed by atoms with Crippen molar-refractivity contribution in [1.82, 2.24) is 25.2 Å². The van der Waals surface area contributed by atoms with E-state index in [0.29, 0.717) is 6.04 Å². The molecule has 0 amide bonds. The van der Waals surface area contributed by atoms with Crippen molar-refractivity contribution in [3.63, 3.8) is 0 Å². The molecule has 0 saturated carbocycles. The molecule has 1 N–H and O–H groups in total. The number of allylic oxidation sites excluding steroid dienone is 1. The predicted octanol–water partition coefficient (Wildman–Crippen LogP) is 1.62. The number of nitrogens with zero attached hydrogens (tertiary/aromatic N) is 7. The van der Waals surface area contributed by atoms with Crippen LogP contribution in [0.3, 0.4) is 0 Å². The lowest BCUT2D eigenvalue weighted by molar-refractivity contribution is 0.343. The molecule has 2 atom stereocenters. The third-order valence-electron chi connectivity index (χ3n) is 5.18. The molecule has 3 aliphatic heterocycles. The van der Waals surface area contributed by atoms with Gasteiger partial charge >= 0.3 is 0 Å². The SMILES string of the molecule is CC1=CN=C(C)C2=NC(CCc3nc(N4CCCC4C)nn3C)NN12. The molecule has 0 aromatic carbocycles.